The van der Waals surface area contributed by atoms with Crippen LogP contribution in [0.3, 0.4) is 0 Å². The Morgan fingerprint density at radius 1 is 0.893 bits per heavy atom. The third kappa shape index (κ3) is 4.97. The van der Waals surface area contributed by atoms with E-state index in [0.29, 0.717) is 0 Å². The Hall–Kier alpha value is -1.36. The van der Waals surface area contributed by atoms with Crippen molar-refractivity contribution in [1.82, 2.24) is 20.2 Å². The summed E-state index contributed by atoms with van der Waals surface area (Å²) in [5.74, 6) is 5.01. The second-order valence-corrected chi connectivity index (χ2v) is 9.86. The minimum Gasteiger partial charge on any atom is -0.188 e. The minimum absolute atomic E-state index is 0.818. The number of nitrogens with zero attached hydrogens (tertiary/aromatic N) is 4. The topological polar surface area (TPSA) is 43.6 Å². The highest BCUT2D eigenvalue weighted by atomic mass is 32.2. The van der Waals surface area contributed by atoms with E-state index in [2.05, 4.69) is 34.6 Å². The Labute approximate surface area is 173 Å². The molecule has 0 radical (unpaired) electrons. The number of aromatic nitrogens is 4. The van der Waals surface area contributed by atoms with Crippen LogP contribution in [0.25, 0.3) is 5.69 Å². The molecule has 0 aliphatic heterocycles. The van der Waals surface area contributed by atoms with Gasteiger partial charge in [-0.05, 0) is 84.8 Å². The molecule has 0 bridgehead atoms. The zero-order chi connectivity index (χ0) is 19.2. The van der Waals surface area contributed by atoms with Crippen molar-refractivity contribution in [3.05, 3.63) is 30.3 Å². The lowest BCUT2D eigenvalue weighted by Crippen LogP contribution is -2.26. The Morgan fingerprint density at radius 2 is 1.54 bits per heavy atom. The molecule has 2 saturated carbocycles. The standard InChI is InChI=1S/C23H34N4S/c1-2-6-18-9-13-20(14-10-18)21-15-11-19(12-16-21)17-28-23-24-25-26-27(23)22-7-4-3-5-8-22/h3-5,7-8,18-21H,2,6,9-17H2,1H3. The lowest BCUT2D eigenvalue weighted by molar-refractivity contribution is 0.148. The SMILES string of the molecule is CCCC1CCC(C2CCC(CSc3nnnn3-c3ccccc3)CC2)CC1. The van der Waals surface area contributed by atoms with E-state index >= 15 is 0 Å². The number of thioether (sulfide) groups is 1. The first-order chi connectivity index (χ1) is 13.8. The molecule has 4 rings (SSSR count). The van der Waals surface area contributed by atoms with E-state index in [1.54, 1.807) is 0 Å². The second-order valence-electron chi connectivity index (χ2n) is 8.87. The van der Waals surface area contributed by atoms with Gasteiger partial charge in [-0.1, -0.05) is 62.6 Å². The summed E-state index contributed by atoms with van der Waals surface area (Å²) in [7, 11) is 0. The Kier molecular flexibility index (Phi) is 7.05. The van der Waals surface area contributed by atoms with E-state index in [0.717, 1.165) is 40.3 Å². The van der Waals surface area contributed by atoms with Gasteiger partial charge in [0.15, 0.2) is 0 Å². The van der Waals surface area contributed by atoms with E-state index in [1.807, 2.05) is 34.6 Å². The largest absolute Gasteiger partial charge is 0.214 e. The van der Waals surface area contributed by atoms with Gasteiger partial charge in [-0.25, -0.2) is 0 Å². The molecule has 2 fully saturated rings. The van der Waals surface area contributed by atoms with Crippen molar-refractivity contribution in [1.29, 1.82) is 0 Å². The van der Waals surface area contributed by atoms with Crippen molar-refractivity contribution in [2.45, 2.75) is 76.3 Å². The van der Waals surface area contributed by atoms with Crippen molar-refractivity contribution in [3.63, 3.8) is 0 Å². The molecule has 0 spiro atoms. The molecule has 2 aliphatic carbocycles. The van der Waals surface area contributed by atoms with Gasteiger partial charge in [0, 0.05) is 5.75 Å². The molecule has 5 heteroatoms. The van der Waals surface area contributed by atoms with Crippen LogP contribution in [-0.2, 0) is 0 Å². The van der Waals surface area contributed by atoms with Crippen molar-refractivity contribution in [2.75, 3.05) is 5.75 Å². The van der Waals surface area contributed by atoms with Crippen molar-refractivity contribution in [2.24, 2.45) is 23.7 Å². The first-order valence-corrected chi connectivity index (χ1v) is 12.3. The Bertz CT molecular complexity index is 700. The molecule has 0 unspecified atom stereocenters. The number of benzene rings is 1. The number of tetrazole rings is 1. The Morgan fingerprint density at radius 3 is 2.18 bits per heavy atom. The van der Waals surface area contributed by atoms with Crippen LogP contribution in [0, 0.1) is 23.7 Å². The summed E-state index contributed by atoms with van der Waals surface area (Å²) < 4.78 is 1.87. The van der Waals surface area contributed by atoms with Crippen LogP contribution in [0.4, 0.5) is 0 Å². The number of hydrogen-bond donors (Lipinski definition) is 0. The van der Waals surface area contributed by atoms with Crippen LogP contribution in [0.15, 0.2) is 35.5 Å². The van der Waals surface area contributed by atoms with Crippen LogP contribution < -0.4 is 0 Å². The van der Waals surface area contributed by atoms with E-state index in [4.69, 9.17) is 0 Å². The third-order valence-corrected chi connectivity index (χ3v) is 8.19. The molecular formula is C23H34N4S. The quantitative estimate of drug-likeness (QED) is 0.523. The molecule has 4 nitrogen and oxygen atoms in total. The highest BCUT2D eigenvalue weighted by Gasteiger charge is 2.30. The number of hydrogen-bond acceptors (Lipinski definition) is 4. The average molecular weight is 399 g/mol. The van der Waals surface area contributed by atoms with Gasteiger partial charge in [0.05, 0.1) is 5.69 Å². The molecule has 0 atom stereocenters. The van der Waals surface area contributed by atoms with E-state index in [9.17, 15) is 0 Å². The maximum absolute atomic E-state index is 4.25. The fourth-order valence-corrected chi connectivity index (χ4v) is 6.45. The Balaban J connectivity index is 1.22. The summed E-state index contributed by atoms with van der Waals surface area (Å²) in [4.78, 5) is 0. The van der Waals surface area contributed by atoms with E-state index < -0.39 is 0 Å². The van der Waals surface area contributed by atoms with E-state index in [1.165, 1.54) is 64.2 Å². The zero-order valence-electron chi connectivity index (χ0n) is 17.2. The van der Waals surface area contributed by atoms with Gasteiger partial charge in [-0.3, -0.25) is 0 Å². The minimum atomic E-state index is 0.818. The lowest BCUT2D eigenvalue weighted by Gasteiger charge is -2.37. The predicted octanol–water partition coefficient (Wildman–Crippen LogP) is 6.17. The predicted molar refractivity (Wildman–Crippen MR) is 116 cm³/mol. The van der Waals surface area contributed by atoms with Crippen LogP contribution in [0.5, 0.6) is 0 Å². The highest BCUT2D eigenvalue weighted by Crippen LogP contribution is 2.43. The monoisotopic (exact) mass is 398 g/mol. The smallest absolute Gasteiger partial charge is 0.188 e. The maximum Gasteiger partial charge on any atom is 0.214 e. The molecule has 2 aliphatic rings. The van der Waals surface area contributed by atoms with Crippen LogP contribution in [0.1, 0.15) is 71.1 Å². The average Bonchev–Trinajstić information content (AvgIpc) is 3.23. The molecule has 1 aromatic carbocycles. The summed E-state index contributed by atoms with van der Waals surface area (Å²) in [6.07, 6.45) is 14.5. The lowest BCUT2D eigenvalue weighted by atomic mass is 9.69. The summed E-state index contributed by atoms with van der Waals surface area (Å²) >= 11 is 1.82. The molecular weight excluding hydrogens is 364 g/mol. The van der Waals surface area contributed by atoms with Crippen molar-refractivity contribution < 1.29 is 0 Å². The van der Waals surface area contributed by atoms with Gasteiger partial charge in [0.25, 0.3) is 0 Å². The van der Waals surface area contributed by atoms with Gasteiger partial charge in [-0.2, -0.15) is 4.68 Å². The summed E-state index contributed by atoms with van der Waals surface area (Å²) in [5, 5.41) is 13.2. The van der Waals surface area contributed by atoms with Crippen LogP contribution in [0.2, 0.25) is 0 Å². The summed E-state index contributed by atoms with van der Waals surface area (Å²) in [6.45, 7) is 2.34. The van der Waals surface area contributed by atoms with Gasteiger partial charge >= 0.3 is 0 Å². The van der Waals surface area contributed by atoms with E-state index in [-0.39, 0.29) is 0 Å². The third-order valence-electron chi connectivity index (χ3n) is 7.04. The van der Waals surface area contributed by atoms with Gasteiger partial charge in [0.2, 0.25) is 5.16 Å². The first-order valence-electron chi connectivity index (χ1n) is 11.3. The molecule has 1 aromatic heterocycles. The molecule has 0 N–H and O–H groups in total. The summed E-state index contributed by atoms with van der Waals surface area (Å²) in [6, 6.07) is 10.2. The molecule has 28 heavy (non-hydrogen) atoms. The van der Waals surface area contributed by atoms with Crippen molar-refractivity contribution in [3.8, 4) is 5.69 Å². The second kappa shape index (κ2) is 9.91. The summed E-state index contributed by atoms with van der Waals surface area (Å²) in [5.41, 5.74) is 1.04. The molecule has 2 aromatic rings. The molecule has 0 saturated heterocycles. The van der Waals surface area contributed by atoms with Gasteiger partial charge < -0.3 is 0 Å². The molecule has 0 amide bonds. The first kappa shape index (κ1) is 19.9. The van der Waals surface area contributed by atoms with Crippen molar-refractivity contribution >= 4 is 11.8 Å². The molecule has 1 heterocycles. The van der Waals surface area contributed by atoms with Gasteiger partial charge in [-0.15, -0.1) is 5.10 Å². The highest BCUT2D eigenvalue weighted by molar-refractivity contribution is 7.99. The zero-order valence-corrected chi connectivity index (χ0v) is 18.0. The fraction of sp³-hybridized carbons (Fsp3) is 0.696. The fourth-order valence-electron chi connectivity index (χ4n) is 5.38. The number of para-hydroxylation sites is 1. The van der Waals surface area contributed by atoms with Gasteiger partial charge in [0.1, 0.15) is 0 Å². The van der Waals surface area contributed by atoms with Crippen LogP contribution >= 0.6 is 11.8 Å². The number of rotatable bonds is 7. The maximum atomic E-state index is 4.25. The van der Waals surface area contributed by atoms with Crippen LogP contribution in [-0.4, -0.2) is 26.0 Å². The molecule has 152 valence electrons. The normalized spacial score (nSPS) is 28.3.